The third-order valence-corrected chi connectivity index (χ3v) is 0. The standard InChI is InChI=1S/CH4.Ag.FH.H2O.V/h1H4;;1H;1H2;. The molecule has 2 radical (unpaired) electrons. The van der Waals surface area contributed by atoms with Crippen LogP contribution in [-0.4, -0.2) is 5.48 Å². The zero-order chi connectivity index (χ0) is 0. The summed E-state index contributed by atoms with van der Waals surface area (Å²) in [5.41, 5.74) is 0. The van der Waals surface area contributed by atoms with Gasteiger partial charge in [0.25, 0.3) is 0 Å². The van der Waals surface area contributed by atoms with Gasteiger partial charge in [-0.15, -0.1) is 0 Å². The Balaban J connectivity index is 0. The molecule has 0 atom stereocenters. The van der Waals surface area contributed by atoms with Crippen molar-refractivity contribution in [3.05, 3.63) is 0 Å². The molecule has 0 rings (SSSR count). The normalized spacial score (nSPS) is 0. The molecular formula is CH7AgFOV. The Kier molecular flexibility index (Phi) is 1440. The van der Waals surface area contributed by atoms with Gasteiger partial charge < -0.3 is 5.48 Å². The van der Waals surface area contributed by atoms with E-state index in [4.69, 9.17) is 0 Å². The van der Waals surface area contributed by atoms with Crippen LogP contribution in [0.25, 0.3) is 0 Å². The molecule has 5 heavy (non-hydrogen) atoms. The molecule has 0 saturated carbocycles. The van der Waals surface area contributed by atoms with Gasteiger partial charge in [-0.05, 0) is 0 Å². The third-order valence-electron chi connectivity index (χ3n) is 0. The minimum atomic E-state index is 0. The fraction of sp³-hybridized carbons (Fsp3) is 1.00. The number of hydrogen-bond donors (Lipinski definition) is 0. The maximum Gasteiger partial charge on any atom is 0 e. The molecule has 0 fully saturated rings. The van der Waals surface area contributed by atoms with Gasteiger partial charge in [-0.2, -0.15) is 0 Å². The molecule has 0 unspecified atom stereocenters. The van der Waals surface area contributed by atoms with Gasteiger partial charge >= 0.3 is 0 Å². The average Bonchev–Trinajstić information content (AvgIpc) is 0. The molecule has 0 bridgehead atoms. The van der Waals surface area contributed by atoms with Gasteiger partial charge in [0.15, 0.2) is 0 Å². The van der Waals surface area contributed by atoms with Gasteiger partial charge in [-0.25, -0.2) is 0 Å². The predicted octanol–water partition coefficient (Wildman–Crippen LogP) is -0.0411. The van der Waals surface area contributed by atoms with Crippen LogP contribution < -0.4 is 0 Å². The molecule has 0 aliphatic heterocycles. The molecule has 40 valence electrons. The summed E-state index contributed by atoms with van der Waals surface area (Å²) in [7, 11) is 0. The summed E-state index contributed by atoms with van der Waals surface area (Å²) in [6, 6.07) is 0. The monoisotopic (exact) mass is 212 g/mol. The Hall–Kier alpha value is 1.21. The van der Waals surface area contributed by atoms with Gasteiger partial charge in [0.2, 0.25) is 0 Å². The van der Waals surface area contributed by atoms with E-state index >= 15 is 0 Å². The Morgan fingerprint density at radius 2 is 1.00 bits per heavy atom. The third kappa shape index (κ3) is 36.5. The summed E-state index contributed by atoms with van der Waals surface area (Å²) in [5.74, 6) is 0. The summed E-state index contributed by atoms with van der Waals surface area (Å²) < 4.78 is 0. The van der Waals surface area contributed by atoms with E-state index < -0.39 is 0 Å². The molecule has 0 saturated heterocycles. The van der Waals surface area contributed by atoms with Crippen molar-refractivity contribution in [3.8, 4) is 0 Å². The predicted molar refractivity (Wildman–Crippen MR) is 12.8 cm³/mol. The SMILES string of the molecule is C.F.O.[Ag].[V]. The van der Waals surface area contributed by atoms with Gasteiger partial charge in [-0.3, -0.25) is 4.70 Å². The maximum atomic E-state index is 0. The van der Waals surface area contributed by atoms with Crippen molar-refractivity contribution < 1.29 is 51.1 Å². The average molecular weight is 213 g/mol. The van der Waals surface area contributed by atoms with Crippen LogP contribution in [0.4, 0.5) is 4.70 Å². The second-order valence-electron chi connectivity index (χ2n) is 0. The summed E-state index contributed by atoms with van der Waals surface area (Å²) in [6.45, 7) is 0. The van der Waals surface area contributed by atoms with Crippen LogP contribution in [0.5, 0.6) is 0 Å². The van der Waals surface area contributed by atoms with E-state index in [-0.39, 0.29) is 58.5 Å². The molecule has 0 aromatic carbocycles. The summed E-state index contributed by atoms with van der Waals surface area (Å²) in [5, 5.41) is 0. The van der Waals surface area contributed by atoms with Crippen molar-refractivity contribution in [3.63, 3.8) is 0 Å². The van der Waals surface area contributed by atoms with Crippen molar-refractivity contribution in [2.75, 3.05) is 0 Å². The fourth-order valence-electron chi connectivity index (χ4n) is 0. The Bertz CT molecular complexity index is 11.6. The van der Waals surface area contributed by atoms with E-state index in [1.54, 1.807) is 0 Å². The van der Waals surface area contributed by atoms with Gasteiger partial charge in [-0.1, -0.05) is 7.43 Å². The van der Waals surface area contributed by atoms with Gasteiger partial charge in [0.1, 0.15) is 0 Å². The first-order chi connectivity index (χ1) is 0. The fourth-order valence-corrected chi connectivity index (χ4v) is 0. The molecule has 4 heteroatoms. The molecule has 0 spiro atoms. The Morgan fingerprint density at radius 3 is 1.00 bits per heavy atom. The first-order valence-corrected chi connectivity index (χ1v) is 0. The Labute approximate surface area is 58.6 Å². The van der Waals surface area contributed by atoms with E-state index in [2.05, 4.69) is 0 Å². The maximum absolute atomic E-state index is 0. The van der Waals surface area contributed by atoms with E-state index in [1.165, 1.54) is 0 Å². The van der Waals surface area contributed by atoms with Crippen LogP contribution >= 0.6 is 0 Å². The molecule has 0 aliphatic carbocycles. The Morgan fingerprint density at radius 1 is 1.00 bits per heavy atom. The van der Waals surface area contributed by atoms with Crippen LogP contribution in [0, 0.1) is 0 Å². The van der Waals surface area contributed by atoms with Gasteiger partial charge in [0.05, 0.1) is 0 Å². The summed E-state index contributed by atoms with van der Waals surface area (Å²) in [6.07, 6.45) is 0. The van der Waals surface area contributed by atoms with Crippen LogP contribution in [0.3, 0.4) is 0 Å². The summed E-state index contributed by atoms with van der Waals surface area (Å²) in [4.78, 5) is 0. The second-order valence-corrected chi connectivity index (χ2v) is 0. The molecule has 0 heterocycles. The first kappa shape index (κ1) is 115. The minimum Gasteiger partial charge on any atom is -0.412 e. The zero-order valence-corrected chi connectivity index (χ0v) is 4.54. The second kappa shape index (κ2) is 62.8. The molecule has 0 amide bonds. The topological polar surface area (TPSA) is 31.5 Å². The van der Waals surface area contributed by atoms with Crippen LogP contribution in [0.2, 0.25) is 0 Å². The smallest absolute Gasteiger partial charge is 0 e. The van der Waals surface area contributed by atoms with Crippen molar-refractivity contribution in [2.24, 2.45) is 0 Å². The molecule has 0 aromatic rings. The molecule has 0 aromatic heterocycles. The molecule has 0 aliphatic rings. The van der Waals surface area contributed by atoms with Crippen molar-refractivity contribution >= 4 is 0 Å². The number of rotatable bonds is 0. The minimum absolute atomic E-state index is 0. The van der Waals surface area contributed by atoms with E-state index in [0.29, 0.717) is 0 Å². The molecule has 2 N–H and O–H groups in total. The van der Waals surface area contributed by atoms with Gasteiger partial charge in [0, 0.05) is 40.9 Å². The van der Waals surface area contributed by atoms with Crippen molar-refractivity contribution in [1.29, 1.82) is 0 Å². The summed E-state index contributed by atoms with van der Waals surface area (Å²) >= 11 is 0. The molecular weight excluding hydrogens is 206 g/mol. The number of halogens is 1. The van der Waals surface area contributed by atoms with Crippen LogP contribution in [0.1, 0.15) is 7.43 Å². The van der Waals surface area contributed by atoms with E-state index in [9.17, 15) is 0 Å². The largest absolute Gasteiger partial charge is 0.412 e. The van der Waals surface area contributed by atoms with E-state index in [0.717, 1.165) is 0 Å². The quantitative estimate of drug-likeness (QED) is 0.505. The van der Waals surface area contributed by atoms with E-state index in [1.807, 2.05) is 0 Å². The first-order valence-electron chi connectivity index (χ1n) is 0. The molecule has 1 nitrogen and oxygen atoms in total. The number of hydrogen-bond acceptors (Lipinski definition) is 0. The van der Waals surface area contributed by atoms with Crippen molar-refractivity contribution in [2.45, 2.75) is 7.43 Å². The van der Waals surface area contributed by atoms with Crippen LogP contribution in [0.15, 0.2) is 0 Å². The van der Waals surface area contributed by atoms with Crippen molar-refractivity contribution in [1.82, 2.24) is 0 Å². The zero-order valence-electron chi connectivity index (χ0n) is 1.66. The van der Waals surface area contributed by atoms with Crippen LogP contribution in [-0.2, 0) is 40.9 Å².